The third-order valence-corrected chi connectivity index (χ3v) is 6.20. The Bertz CT molecular complexity index is 1560. The van der Waals surface area contributed by atoms with Crippen LogP contribution >= 0.6 is 11.6 Å². The molecule has 1 heteroatoms. The van der Waals surface area contributed by atoms with Crippen molar-refractivity contribution in [3.8, 4) is 11.1 Å². The lowest BCUT2D eigenvalue weighted by molar-refractivity contribution is 1.70. The number of hydrogen-bond acceptors (Lipinski definition) is 0. The molecule has 0 aliphatic carbocycles. The van der Waals surface area contributed by atoms with E-state index in [1.807, 2.05) is 6.07 Å². The first kappa shape index (κ1) is 16.6. The van der Waals surface area contributed by atoms with E-state index in [1.54, 1.807) is 0 Å². The Morgan fingerprint density at radius 1 is 0.414 bits per heavy atom. The maximum atomic E-state index is 6.54. The van der Waals surface area contributed by atoms with Gasteiger partial charge < -0.3 is 0 Å². The second kappa shape index (κ2) is 6.34. The SMILES string of the molecule is Clc1cc2ccc(-c3cc4ccccc4c4ccccc34)cc2c2ccccc12. The van der Waals surface area contributed by atoms with Gasteiger partial charge in [-0.25, -0.2) is 0 Å². The first-order valence-corrected chi connectivity index (χ1v) is 10.2. The average molecular weight is 389 g/mol. The highest BCUT2D eigenvalue weighted by molar-refractivity contribution is 6.37. The van der Waals surface area contributed by atoms with E-state index in [2.05, 4.69) is 97.1 Å². The van der Waals surface area contributed by atoms with E-state index < -0.39 is 0 Å². The van der Waals surface area contributed by atoms with E-state index in [-0.39, 0.29) is 0 Å². The summed E-state index contributed by atoms with van der Waals surface area (Å²) < 4.78 is 0. The molecule has 0 aliphatic heterocycles. The Hall–Kier alpha value is -3.35. The number of rotatable bonds is 1. The van der Waals surface area contributed by atoms with Gasteiger partial charge in [0.05, 0.1) is 0 Å². The minimum absolute atomic E-state index is 0.803. The summed E-state index contributed by atoms with van der Waals surface area (Å²) >= 11 is 6.54. The van der Waals surface area contributed by atoms with E-state index in [9.17, 15) is 0 Å². The zero-order valence-electron chi connectivity index (χ0n) is 15.7. The van der Waals surface area contributed by atoms with Gasteiger partial charge >= 0.3 is 0 Å². The van der Waals surface area contributed by atoms with Crippen LogP contribution in [0.25, 0.3) is 54.2 Å². The van der Waals surface area contributed by atoms with Crippen LogP contribution in [-0.2, 0) is 0 Å². The van der Waals surface area contributed by atoms with Crippen LogP contribution in [-0.4, -0.2) is 0 Å². The molecule has 0 nitrogen and oxygen atoms in total. The largest absolute Gasteiger partial charge is 0.0836 e. The quantitative estimate of drug-likeness (QED) is 0.247. The summed E-state index contributed by atoms with van der Waals surface area (Å²) in [5.41, 5.74) is 2.49. The molecule has 0 aliphatic rings. The molecular formula is C28H17Cl. The van der Waals surface area contributed by atoms with Crippen LogP contribution in [0.15, 0.2) is 103 Å². The van der Waals surface area contributed by atoms with Gasteiger partial charge in [-0.2, -0.15) is 0 Å². The van der Waals surface area contributed by atoms with Gasteiger partial charge in [0.2, 0.25) is 0 Å². The van der Waals surface area contributed by atoms with Crippen molar-refractivity contribution in [2.24, 2.45) is 0 Å². The molecule has 29 heavy (non-hydrogen) atoms. The highest BCUT2D eigenvalue weighted by Crippen LogP contribution is 2.38. The second-order valence-corrected chi connectivity index (χ2v) is 7.94. The van der Waals surface area contributed by atoms with E-state index >= 15 is 0 Å². The van der Waals surface area contributed by atoms with Gasteiger partial charge in [0.25, 0.3) is 0 Å². The van der Waals surface area contributed by atoms with E-state index in [0.717, 1.165) is 10.4 Å². The molecule has 0 unspecified atom stereocenters. The van der Waals surface area contributed by atoms with Crippen molar-refractivity contribution in [3.63, 3.8) is 0 Å². The van der Waals surface area contributed by atoms with Crippen LogP contribution in [0.2, 0.25) is 5.02 Å². The lowest BCUT2D eigenvalue weighted by Crippen LogP contribution is -1.86. The fourth-order valence-corrected chi connectivity index (χ4v) is 4.80. The molecule has 0 N–H and O–H groups in total. The molecule has 0 heterocycles. The molecule has 0 saturated heterocycles. The molecule has 6 aromatic rings. The average Bonchev–Trinajstić information content (AvgIpc) is 2.79. The summed E-state index contributed by atoms with van der Waals surface area (Å²) in [6, 6.07) is 36.8. The number of halogens is 1. The molecule has 0 saturated carbocycles. The molecule has 0 aromatic heterocycles. The van der Waals surface area contributed by atoms with Gasteiger partial charge in [0.15, 0.2) is 0 Å². The van der Waals surface area contributed by atoms with Gasteiger partial charge in [-0.1, -0.05) is 96.5 Å². The van der Waals surface area contributed by atoms with Crippen molar-refractivity contribution in [2.45, 2.75) is 0 Å². The lowest BCUT2D eigenvalue weighted by Gasteiger charge is -2.13. The van der Waals surface area contributed by atoms with Crippen LogP contribution in [0.1, 0.15) is 0 Å². The van der Waals surface area contributed by atoms with Crippen LogP contribution < -0.4 is 0 Å². The monoisotopic (exact) mass is 388 g/mol. The Kier molecular flexibility index (Phi) is 3.62. The summed E-state index contributed by atoms with van der Waals surface area (Å²) in [6.07, 6.45) is 0. The minimum Gasteiger partial charge on any atom is -0.0836 e. The third kappa shape index (κ3) is 2.53. The molecule has 0 bridgehead atoms. The standard InChI is InChI=1S/C28H17Cl/c29-28-17-20-14-13-19(16-27(20)24-11-5-6-12-25(24)28)26-15-18-7-1-2-8-21(18)22-9-3-4-10-23(22)26/h1-17H. The van der Waals surface area contributed by atoms with Gasteiger partial charge in [0, 0.05) is 10.4 Å². The molecule has 0 amide bonds. The maximum Gasteiger partial charge on any atom is 0.0490 e. The van der Waals surface area contributed by atoms with E-state index in [4.69, 9.17) is 11.6 Å². The normalized spacial score (nSPS) is 11.6. The highest BCUT2D eigenvalue weighted by Gasteiger charge is 2.11. The first-order valence-electron chi connectivity index (χ1n) is 9.81. The molecule has 0 spiro atoms. The summed E-state index contributed by atoms with van der Waals surface area (Å²) in [6.45, 7) is 0. The number of hydrogen-bond donors (Lipinski definition) is 0. The zero-order valence-corrected chi connectivity index (χ0v) is 16.4. The molecular weight excluding hydrogens is 372 g/mol. The Morgan fingerprint density at radius 2 is 1.00 bits per heavy atom. The topological polar surface area (TPSA) is 0 Å². The fraction of sp³-hybridized carbons (Fsp3) is 0. The van der Waals surface area contributed by atoms with Gasteiger partial charge in [-0.15, -0.1) is 0 Å². The van der Waals surface area contributed by atoms with Crippen molar-refractivity contribution < 1.29 is 0 Å². The van der Waals surface area contributed by atoms with Crippen LogP contribution in [0.5, 0.6) is 0 Å². The van der Waals surface area contributed by atoms with Crippen molar-refractivity contribution in [1.29, 1.82) is 0 Å². The molecule has 0 radical (unpaired) electrons. The van der Waals surface area contributed by atoms with Crippen molar-refractivity contribution in [3.05, 3.63) is 108 Å². The summed E-state index contributed by atoms with van der Waals surface area (Å²) in [5.74, 6) is 0. The van der Waals surface area contributed by atoms with Gasteiger partial charge in [0.1, 0.15) is 0 Å². The minimum atomic E-state index is 0.803. The highest BCUT2D eigenvalue weighted by atomic mass is 35.5. The predicted octanol–water partition coefficient (Wildman–Crippen LogP) is 8.62. The lowest BCUT2D eigenvalue weighted by atomic mass is 9.91. The molecule has 6 aromatic carbocycles. The number of fused-ring (bicyclic) bond motifs is 6. The van der Waals surface area contributed by atoms with Crippen molar-refractivity contribution >= 4 is 54.7 Å². The van der Waals surface area contributed by atoms with Crippen molar-refractivity contribution in [2.75, 3.05) is 0 Å². The van der Waals surface area contributed by atoms with Gasteiger partial charge in [-0.05, 0) is 67.0 Å². The fourth-order valence-electron chi connectivity index (χ4n) is 4.52. The Morgan fingerprint density at radius 3 is 1.79 bits per heavy atom. The molecule has 6 rings (SSSR count). The van der Waals surface area contributed by atoms with Crippen LogP contribution in [0.3, 0.4) is 0 Å². The van der Waals surface area contributed by atoms with Crippen LogP contribution in [0.4, 0.5) is 0 Å². The maximum absolute atomic E-state index is 6.54. The number of benzene rings is 6. The Labute approximate surface area is 174 Å². The molecule has 136 valence electrons. The predicted molar refractivity (Wildman–Crippen MR) is 127 cm³/mol. The molecule has 0 atom stereocenters. The second-order valence-electron chi connectivity index (χ2n) is 7.53. The zero-order chi connectivity index (χ0) is 19.4. The van der Waals surface area contributed by atoms with E-state index in [1.165, 1.54) is 48.8 Å². The smallest absolute Gasteiger partial charge is 0.0490 e. The summed E-state index contributed by atoms with van der Waals surface area (Å²) in [4.78, 5) is 0. The third-order valence-electron chi connectivity index (χ3n) is 5.89. The van der Waals surface area contributed by atoms with Crippen molar-refractivity contribution in [1.82, 2.24) is 0 Å². The van der Waals surface area contributed by atoms with E-state index in [0.29, 0.717) is 0 Å². The van der Waals surface area contributed by atoms with Gasteiger partial charge in [-0.3, -0.25) is 0 Å². The van der Waals surface area contributed by atoms with Crippen LogP contribution in [0, 0.1) is 0 Å². The molecule has 0 fully saturated rings. The Balaban J connectivity index is 1.73. The summed E-state index contributed by atoms with van der Waals surface area (Å²) in [7, 11) is 0. The first-order chi connectivity index (χ1) is 14.3. The summed E-state index contributed by atoms with van der Waals surface area (Å²) in [5, 5.41) is 10.6.